The molecule has 212 valence electrons. The molecular weight excluding hydrogens is 468 g/mol. The minimum Gasteiger partial charge on any atom is -0.426 e. The van der Waals surface area contributed by atoms with Crippen LogP contribution in [0.3, 0.4) is 0 Å². The van der Waals surface area contributed by atoms with Crippen LogP contribution in [0.5, 0.6) is 5.75 Å². The van der Waals surface area contributed by atoms with Gasteiger partial charge in [-0.1, -0.05) is 53.9 Å². The first-order valence-corrected chi connectivity index (χ1v) is 15.9. The maximum atomic E-state index is 13.2. The smallest absolute Gasteiger partial charge is 0.314 e. The molecule has 0 spiro atoms. The number of esters is 1. The molecule has 4 fully saturated rings. The summed E-state index contributed by atoms with van der Waals surface area (Å²) in [5.41, 5.74) is 13.8. The quantitative estimate of drug-likeness (QED) is 0.214. The molecule has 1 aromatic carbocycles. The molecule has 4 aliphatic rings. The Balaban J connectivity index is 1.23. The highest BCUT2D eigenvalue weighted by atomic mass is 16.5. The number of carbonyl (C=O) groups is 1. The van der Waals surface area contributed by atoms with Crippen molar-refractivity contribution < 1.29 is 9.53 Å². The second-order valence-electron chi connectivity index (χ2n) is 14.9. The van der Waals surface area contributed by atoms with Crippen LogP contribution >= 0.6 is 0 Å². The summed E-state index contributed by atoms with van der Waals surface area (Å²) in [5, 5.41) is 0. The van der Waals surface area contributed by atoms with Gasteiger partial charge >= 0.3 is 5.97 Å². The van der Waals surface area contributed by atoms with E-state index in [1.807, 2.05) is 0 Å². The van der Waals surface area contributed by atoms with Crippen LogP contribution in [0.15, 0.2) is 18.2 Å². The van der Waals surface area contributed by atoms with Crippen molar-refractivity contribution >= 4 is 17.3 Å². The van der Waals surface area contributed by atoms with E-state index in [0.29, 0.717) is 33.9 Å². The van der Waals surface area contributed by atoms with E-state index in [-0.39, 0.29) is 11.9 Å². The summed E-state index contributed by atoms with van der Waals surface area (Å²) in [5.74, 6) is 6.25. The van der Waals surface area contributed by atoms with Gasteiger partial charge in [0.25, 0.3) is 0 Å². The van der Waals surface area contributed by atoms with Gasteiger partial charge in [-0.15, -0.1) is 0 Å². The first-order chi connectivity index (χ1) is 18.0. The first kappa shape index (κ1) is 27.8. The molecule has 4 N–H and O–H groups in total. The van der Waals surface area contributed by atoms with E-state index in [2.05, 4.69) is 34.6 Å². The first-order valence-electron chi connectivity index (χ1n) is 15.9. The van der Waals surface area contributed by atoms with Gasteiger partial charge in [-0.2, -0.15) is 0 Å². The number of nitrogen functional groups attached to an aromatic ring is 2. The largest absolute Gasteiger partial charge is 0.426 e. The summed E-state index contributed by atoms with van der Waals surface area (Å²) in [7, 11) is 0. The lowest BCUT2D eigenvalue weighted by atomic mass is 9.44. The normalized spacial score (nSPS) is 39.2. The van der Waals surface area contributed by atoms with Crippen LogP contribution in [0.25, 0.3) is 0 Å². The molecule has 0 heterocycles. The molecule has 4 aliphatic carbocycles. The van der Waals surface area contributed by atoms with Gasteiger partial charge in [-0.3, -0.25) is 4.79 Å². The predicted molar refractivity (Wildman–Crippen MR) is 157 cm³/mol. The topological polar surface area (TPSA) is 78.3 Å². The van der Waals surface area contributed by atoms with Crippen molar-refractivity contribution in [1.29, 1.82) is 0 Å². The second-order valence-corrected chi connectivity index (χ2v) is 14.9. The molecule has 0 aliphatic heterocycles. The predicted octanol–water partition coefficient (Wildman–Crippen LogP) is 8.49. The fraction of sp³-hybridized carbons (Fsp3) is 0.794. The van der Waals surface area contributed by atoms with Crippen LogP contribution < -0.4 is 16.2 Å². The van der Waals surface area contributed by atoms with Crippen LogP contribution in [0.4, 0.5) is 11.4 Å². The van der Waals surface area contributed by atoms with Crippen molar-refractivity contribution in [2.75, 3.05) is 11.5 Å². The summed E-state index contributed by atoms with van der Waals surface area (Å²) < 4.78 is 5.78. The van der Waals surface area contributed by atoms with E-state index in [9.17, 15) is 4.79 Å². The van der Waals surface area contributed by atoms with Crippen molar-refractivity contribution in [2.45, 2.75) is 112 Å². The Morgan fingerprint density at radius 2 is 1.58 bits per heavy atom. The molecular formula is C34H54N2O2. The molecule has 1 aromatic rings. The van der Waals surface area contributed by atoms with Crippen LogP contribution in [0, 0.1) is 58.2 Å². The Kier molecular flexibility index (Phi) is 7.84. The molecule has 0 aromatic heterocycles. The average molecular weight is 523 g/mol. The van der Waals surface area contributed by atoms with Crippen molar-refractivity contribution in [3.63, 3.8) is 0 Å². The standard InChI is InChI=1S/C34H54N2O2/c1-21(2)7-6-8-22(3)29-11-12-30-28-10-9-24-17-23(32(37)38-27-19-25(35)18-26(36)20-27)13-15-33(24,4)31(28)14-16-34(29,30)5/h18-24,28-31H,6-17,35-36H2,1-5H3. The lowest BCUT2D eigenvalue weighted by molar-refractivity contribution is -0.150. The third-order valence-corrected chi connectivity index (χ3v) is 12.4. The van der Waals surface area contributed by atoms with E-state index >= 15 is 0 Å². The highest BCUT2D eigenvalue weighted by Crippen LogP contribution is 2.68. The minimum absolute atomic E-state index is 0.0105. The van der Waals surface area contributed by atoms with Crippen molar-refractivity contribution in [3.8, 4) is 5.75 Å². The van der Waals surface area contributed by atoms with Crippen molar-refractivity contribution in [1.82, 2.24) is 0 Å². The summed E-state index contributed by atoms with van der Waals surface area (Å²) in [6.07, 6.45) is 15.7. The van der Waals surface area contributed by atoms with Gasteiger partial charge in [0, 0.05) is 23.5 Å². The zero-order valence-corrected chi connectivity index (χ0v) is 24.8. The summed E-state index contributed by atoms with van der Waals surface area (Å²) in [4.78, 5) is 13.2. The molecule has 5 rings (SSSR count). The number of hydrogen-bond donors (Lipinski definition) is 2. The maximum Gasteiger partial charge on any atom is 0.314 e. The van der Waals surface area contributed by atoms with Crippen LogP contribution in [-0.4, -0.2) is 5.97 Å². The van der Waals surface area contributed by atoms with Crippen molar-refractivity contribution in [3.05, 3.63) is 18.2 Å². The van der Waals surface area contributed by atoms with Gasteiger partial charge in [0.1, 0.15) is 5.75 Å². The zero-order chi connectivity index (χ0) is 27.2. The Bertz CT molecular complexity index is 986. The van der Waals surface area contributed by atoms with E-state index in [1.54, 1.807) is 18.2 Å². The molecule has 0 bridgehead atoms. The summed E-state index contributed by atoms with van der Waals surface area (Å²) in [6.45, 7) is 12.6. The Morgan fingerprint density at radius 1 is 0.895 bits per heavy atom. The molecule has 38 heavy (non-hydrogen) atoms. The Hall–Kier alpha value is -1.71. The number of carbonyl (C=O) groups excluding carboxylic acids is 1. The summed E-state index contributed by atoms with van der Waals surface area (Å²) >= 11 is 0. The van der Waals surface area contributed by atoms with E-state index in [1.165, 1.54) is 57.8 Å². The average Bonchev–Trinajstić information content (AvgIpc) is 3.20. The third-order valence-electron chi connectivity index (χ3n) is 12.4. The van der Waals surface area contributed by atoms with E-state index in [4.69, 9.17) is 16.2 Å². The molecule has 9 atom stereocenters. The second kappa shape index (κ2) is 10.7. The number of benzene rings is 1. The fourth-order valence-electron chi connectivity index (χ4n) is 10.4. The third kappa shape index (κ3) is 5.10. The minimum atomic E-state index is -0.0968. The van der Waals surface area contributed by atoms with Crippen molar-refractivity contribution in [2.24, 2.45) is 58.2 Å². The number of ether oxygens (including phenoxy) is 1. The van der Waals surface area contributed by atoms with Gasteiger partial charge in [0.15, 0.2) is 0 Å². The SMILES string of the molecule is CC(C)CCCC(C)C1CCC2C3CCC4CC(C(=O)Oc5cc(N)cc(N)c5)CCC4(C)C3CCC12C. The molecule has 4 nitrogen and oxygen atoms in total. The summed E-state index contributed by atoms with van der Waals surface area (Å²) in [6, 6.07) is 5.09. The highest BCUT2D eigenvalue weighted by Gasteiger charge is 2.60. The Morgan fingerprint density at radius 3 is 2.29 bits per heavy atom. The molecule has 4 saturated carbocycles. The number of nitrogens with two attached hydrogens (primary N) is 2. The zero-order valence-electron chi connectivity index (χ0n) is 24.8. The fourth-order valence-corrected chi connectivity index (χ4v) is 10.4. The molecule has 0 radical (unpaired) electrons. The number of rotatable bonds is 7. The number of anilines is 2. The molecule has 9 unspecified atom stereocenters. The highest BCUT2D eigenvalue weighted by molar-refractivity contribution is 5.76. The maximum absolute atomic E-state index is 13.2. The lowest BCUT2D eigenvalue weighted by Crippen LogP contribution is -2.54. The number of fused-ring (bicyclic) bond motifs is 5. The van der Waals surface area contributed by atoms with Gasteiger partial charge in [-0.05, 0) is 116 Å². The van der Waals surface area contributed by atoms with Gasteiger partial charge in [0.05, 0.1) is 5.92 Å². The van der Waals surface area contributed by atoms with Gasteiger partial charge in [-0.25, -0.2) is 0 Å². The van der Waals surface area contributed by atoms with E-state index in [0.717, 1.165) is 54.8 Å². The van der Waals surface area contributed by atoms with Crippen LogP contribution in [-0.2, 0) is 4.79 Å². The lowest BCUT2D eigenvalue weighted by Gasteiger charge is -2.61. The molecule has 4 heteroatoms. The van der Waals surface area contributed by atoms with Gasteiger partial charge < -0.3 is 16.2 Å². The van der Waals surface area contributed by atoms with E-state index < -0.39 is 0 Å². The molecule has 0 saturated heterocycles. The Labute approximate surface area is 232 Å². The van der Waals surface area contributed by atoms with Gasteiger partial charge in [0.2, 0.25) is 0 Å². The monoisotopic (exact) mass is 522 g/mol. The van der Waals surface area contributed by atoms with Crippen LogP contribution in [0.1, 0.15) is 112 Å². The number of hydrogen-bond acceptors (Lipinski definition) is 4. The molecule has 0 amide bonds. The van der Waals surface area contributed by atoms with Crippen LogP contribution in [0.2, 0.25) is 0 Å².